The SMILES string of the molecule is COc1ccc(NC(=O)CSc2nnc(CNC(=O)C34CC5CC(CC(C5)C3)C4)n2Cc2ccccc2)cc1. The molecule has 2 aromatic carbocycles. The molecule has 204 valence electrons. The number of carbonyl (C=O) groups is 2. The van der Waals surface area contributed by atoms with Crippen molar-refractivity contribution in [2.24, 2.45) is 23.2 Å². The maximum Gasteiger partial charge on any atom is 0.234 e. The molecule has 9 heteroatoms. The van der Waals surface area contributed by atoms with Gasteiger partial charge in [0, 0.05) is 11.1 Å². The minimum atomic E-state index is -0.198. The Morgan fingerprint density at radius 2 is 1.64 bits per heavy atom. The maximum atomic E-state index is 13.5. The van der Waals surface area contributed by atoms with Crippen LogP contribution in [0.3, 0.4) is 0 Å². The van der Waals surface area contributed by atoms with Gasteiger partial charge < -0.3 is 19.9 Å². The predicted octanol–water partition coefficient (Wildman–Crippen LogP) is 4.90. The van der Waals surface area contributed by atoms with E-state index in [4.69, 9.17) is 4.74 Å². The molecule has 2 amide bonds. The third kappa shape index (κ3) is 5.69. The first-order valence-corrected chi connectivity index (χ1v) is 14.8. The van der Waals surface area contributed by atoms with Gasteiger partial charge in [0.1, 0.15) is 5.75 Å². The van der Waals surface area contributed by atoms with Crippen molar-refractivity contribution in [1.82, 2.24) is 20.1 Å². The van der Waals surface area contributed by atoms with Gasteiger partial charge in [0.05, 0.1) is 26.0 Å². The van der Waals surface area contributed by atoms with E-state index in [1.807, 2.05) is 47.0 Å². The highest BCUT2D eigenvalue weighted by Crippen LogP contribution is 2.60. The van der Waals surface area contributed by atoms with Crippen LogP contribution in [0.15, 0.2) is 59.8 Å². The largest absolute Gasteiger partial charge is 0.497 e. The van der Waals surface area contributed by atoms with Crippen LogP contribution in [0.2, 0.25) is 0 Å². The summed E-state index contributed by atoms with van der Waals surface area (Å²) in [5.41, 5.74) is 1.62. The van der Waals surface area contributed by atoms with Gasteiger partial charge in [0.15, 0.2) is 11.0 Å². The van der Waals surface area contributed by atoms with E-state index in [-0.39, 0.29) is 23.0 Å². The van der Waals surface area contributed by atoms with Gasteiger partial charge in [0.2, 0.25) is 11.8 Å². The monoisotopic (exact) mass is 545 g/mol. The zero-order valence-corrected chi connectivity index (χ0v) is 23.1. The third-order valence-electron chi connectivity index (χ3n) is 8.61. The number of hydrogen-bond acceptors (Lipinski definition) is 6. The zero-order chi connectivity index (χ0) is 26.8. The van der Waals surface area contributed by atoms with Gasteiger partial charge in [-0.2, -0.15) is 0 Å². The Morgan fingerprint density at radius 3 is 2.28 bits per heavy atom. The molecule has 0 saturated heterocycles. The van der Waals surface area contributed by atoms with E-state index >= 15 is 0 Å². The molecule has 8 nitrogen and oxygen atoms in total. The topological polar surface area (TPSA) is 98.1 Å². The number of rotatable bonds is 10. The van der Waals surface area contributed by atoms with Crippen LogP contribution in [-0.4, -0.2) is 39.4 Å². The molecule has 0 unspecified atom stereocenters. The van der Waals surface area contributed by atoms with Crippen LogP contribution in [0.4, 0.5) is 5.69 Å². The average molecular weight is 546 g/mol. The molecular weight excluding hydrogens is 510 g/mol. The number of methoxy groups -OCH3 is 1. The molecule has 7 rings (SSSR count). The maximum absolute atomic E-state index is 13.5. The Balaban J connectivity index is 1.13. The van der Waals surface area contributed by atoms with Crippen LogP contribution in [0, 0.1) is 23.2 Å². The molecule has 1 heterocycles. The summed E-state index contributed by atoms with van der Waals surface area (Å²) in [7, 11) is 1.61. The third-order valence-corrected chi connectivity index (χ3v) is 9.58. The van der Waals surface area contributed by atoms with Crippen molar-refractivity contribution in [2.45, 2.75) is 56.8 Å². The second kappa shape index (κ2) is 11.0. The number of nitrogens with zero attached hydrogens (tertiary/aromatic N) is 3. The summed E-state index contributed by atoms with van der Waals surface area (Å²) in [5.74, 6) is 3.84. The number of aromatic nitrogens is 3. The Bertz CT molecular complexity index is 1290. The molecule has 4 bridgehead atoms. The highest BCUT2D eigenvalue weighted by Gasteiger charge is 2.54. The minimum Gasteiger partial charge on any atom is -0.497 e. The summed E-state index contributed by atoms with van der Waals surface area (Å²) in [6.45, 7) is 0.901. The van der Waals surface area contributed by atoms with Crippen molar-refractivity contribution in [3.8, 4) is 5.75 Å². The fourth-order valence-corrected chi connectivity index (χ4v) is 7.98. The van der Waals surface area contributed by atoms with Gasteiger partial charge >= 0.3 is 0 Å². The Hall–Kier alpha value is -3.33. The molecule has 4 fully saturated rings. The average Bonchev–Trinajstić information content (AvgIpc) is 3.31. The molecule has 39 heavy (non-hydrogen) atoms. The first-order valence-electron chi connectivity index (χ1n) is 13.8. The molecule has 4 saturated carbocycles. The van der Waals surface area contributed by atoms with Crippen molar-refractivity contribution in [3.05, 3.63) is 66.0 Å². The molecule has 0 radical (unpaired) electrons. The van der Waals surface area contributed by atoms with Gasteiger partial charge in [-0.3, -0.25) is 9.59 Å². The first kappa shape index (κ1) is 25.9. The summed E-state index contributed by atoms with van der Waals surface area (Å²) in [6, 6.07) is 17.3. The van der Waals surface area contributed by atoms with E-state index in [1.54, 1.807) is 7.11 Å². The molecule has 0 spiro atoms. The van der Waals surface area contributed by atoms with Crippen LogP contribution >= 0.6 is 11.8 Å². The van der Waals surface area contributed by atoms with E-state index in [0.717, 1.165) is 48.3 Å². The highest BCUT2D eigenvalue weighted by atomic mass is 32.2. The lowest BCUT2D eigenvalue weighted by molar-refractivity contribution is -0.146. The van der Waals surface area contributed by atoms with Gasteiger partial charge in [-0.15, -0.1) is 10.2 Å². The number of thioether (sulfide) groups is 1. The molecule has 3 aromatic rings. The number of benzene rings is 2. The van der Waals surface area contributed by atoms with Gasteiger partial charge in [-0.05, 0) is 86.1 Å². The molecule has 0 atom stereocenters. The van der Waals surface area contributed by atoms with Crippen molar-refractivity contribution in [3.63, 3.8) is 0 Å². The van der Waals surface area contributed by atoms with Crippen molar-refractivity contribution < 1.29 is 14.3 Å². The molecule has 2 N–H and O–H groups in total. The Morgan fingerprint density at radius 1 is 0.974 bits per heavy atom. The summed E-state index contributed by atoms with van der Waals surface area (Å²) in [6.07, 6.45) is 7.03. The molecular formula is C30H35N5O3S. The summed E-state index contributed by atoms with van der Waals surface area (Å²) in [4.78, 5) is 26.2. The van der Waals surface area contributed by atoms with Crippen molar-refractivity contribution in [1.29, 1.82) is 0 Å². The standard InChI is InChI=1S/C30H35N5O3S/c1-38-25-9-7-24(8-10-25)32-27(36)19-39-29-34-33-26(35(29)18-20-5-3-2-4-6-20)17-31-28(37)30-14-21-11-22(15-30)13-23(12-21)16-30/h2-10,21-23H,11-19H2,1H3,(H,31,37)(H,32,36). The number of anilines is 1. The predicted molar refractivity (Wildman–Crippen MR) is 150 cm³/mol. The quantitative estimate of drug-likeness (QED) is 0.352. The molecule has 1 aromatic heterocycles. The van der Waals surface area contributed by atoms with E-state index < -0.39 is 0 Å². The second-order valence-corrected chi connectivity index (χ2v) is 12.4. The highest BCUT2D eigenvalue weighted by molar-refractivity contribution is 7.99. The first-order chi connectivity index (χ1) is 19.0. The Labute approximate surface area is 233 Å². The fraction of sp³-hybridized carbons (Fsp3) is 0.467. The molecule has 0 aliphatic heterocycles. The second-order valence-electron chi connectivity index (χ2n) is 11.4. The molecule has 4 aliphatic carbocycles. The summed E-state index contributed by atoms with van der Waals surface area (Å²) >= 11 is 1.34. The molecule has 4 aliphatic rings. The van der Waals surface area contributed by atoms with Crippen molar-refractivity contribution in [2.75, 3.05) is 18.2 Å². The normalized spacial score (nSPS) is 24.9. The summed E-state index contributed by atoms with van der Waals surface area (Å²) in [5, 5.41) is 15.7. The van der Waals surface area contributed by atoms with E-state index in [2.05, 4.69) is 33.0 Å². The number of carbonyl (C=O) groups excluding carboxylic acids is 2. The van der Waals surface area contributed by atoms with Gasteiger partial charge in [-0.25, -0.2) is 0 Å². The number of amides is 2. The van der Waals surface area contributed by atoms with Crippen LogP contribution in [-0.2, 0) is 22.7 Å². The van der Waals surface area contributed by atoms with Crippen LogP contribution in [0.5, 0.6) is 5.75 Å². The summed E-state index contributed by atoms with van der Waals surface area (Å²) < 4.78 is 7.19. The van der Waals surface area contributed by atoms with Crippen LogP contribution < -0.4 is 15.4 Å². The van der Waals surface area contributed by atoms with E-state index in [0.29, 0.717) is 29.8 Å². The number of hydrogen-bond donors (Lipinski definition) is 2. The zero-order valence-electron chi connectivity index (χ0n) is 22.3. The lowest BCUT2D eigenvalue weighted by Crippen LogP contribution is -2.53. The number of ether oxygens (including phenoxy) is 1. The van der Waals surface area contributed by atoms with Gasteiger partial charge in [0.25, 0.3) is 0 Å². The van der Waals surface area contributed by atoms with Gasteiger partial charge in [-0.1, -0.05) is 42.1 Å². The van der Waals surface area contributed by atoms with E-state index in [1.165, 1.54) is 31.0 Å². The number of nitrogens with one attached hydrogen (secondary N) is 2. The Kier molecular flexibility index (Phi) is 7.34. The van der Waals surface area contributed by atoms with Crippen molar-refractivity contribution >= 4 is 29.3 Å². The fourth-order valence-electron chi connectivity index (χ4n) is 7.22. The smallest absolute Gasteiger partial charge is 0.234 e. The lowest BCUT2D eigenvalue weighted by Gasteiger charge is -2.55. The van der Waals surface area contributed by atoms with E-state index in [9.17, 15) is 9.59 Å². The van der Waals surface area contributed by atoms with Crippen LogP contribution in [0.1, 0.15) is 49.9 Å². The lowest BCUT2D eigenvalue weighted by atomic mass is 9.49. The van der Waals surface area contributed by atoms with Crippen LogP contribution in [0.25, 0.3) is 0 Å². The minimum absolute atomic E-state index is 0.129.